The Morgan fingerprint density at radius 2 is 1.88 bits per heavy atom. The summed E-state index contributed by atoms with van der Waals surface area (Å²) in [6.07, 6.45) is 2.08. The first-order chi connectivity index (χ1) is 7.67. The summed E-state index contributed by atoms with van der Waals surface area (Å²) in [5.74, 6) is 0.313. The van der Waals surface area contributed by atoms with Crippen LogP contribution in [0.2, 0.25) is 0 Å². The predicted molar refractivity (Wildman–Crippen MR) is 70.9 cm³/mol. The highest BCUT2D eigenvalue weighted by atomic mass is 32.2. The molecule has 0 fully saturated rings. The van der Waals surface area contributed by atoms with Crippen LogP contribution in [0.25, 0.3) is 0 Å². The van der Waals surface area contributed by atoms with Crippen LogP contribution in [0, 0.1) is 5.92 Å². The molecule has 2 unspecified atom stereocenters. The predicted octanol–water partition coefficient (Wildman–Crippen LogP) is 2.69. The lowest BCUT2D eigenvalue weighted by atomic mass is 10.1. The first kappa shape index (κ1) is 13.6. The first-order valence-corrected chi connectivity index (χ1v) is 6.88. The molecule has 0 spiro atoms. The van der Waals surface area contributed by atoms with Crippen LogP contribution in [-0.4, -0.2) is 24.5 Å². The number of aliphatic hydroxyl groups is 1. The average molecular weight is 239 g/mol. The van der Waals surface area contributed by atoms with Crippen molar-refractivity contribution < 1.29 is 5.11 Å². The molecule has 90 valence electrons. The lowest BCUT2D eigenvalue weighted by Crippen LogP contribution is -2.26. The summed E-state index contributed by atoms with van der Waals surface area (Å²) in [4.78, 5) is 1.29. The van der Waals surface area contributed by atoms with Gasteiger partial charge in [0, 0.05) is 24.1 Å². The zero-order valence-corrected chi connectivity index (χ0v) is 11.1. The van der Waals surface area contributed by atoms with Crippen molar-refractivity contribution in [2.24, 2.45) is 5.92 Å². The Morgan fingerprint density at radius 3 is 2.38 bits per heavy atom. The summed E-state index contributed by atoms with van der Waals surface area (Å²) in [5, 5.41) is 12.4. The fourth-order valence-corrected chi connectivity index (χ4v) is 1.86. The SMILES string of the molecule is CSc1ccc(C(C)NCC(C)CO)cc1. The summed E-state index contributed by atoms with van der Waals surface area (Å²) in [7, 11) is 0. The first-order valence-electron chi connectivity index (χ1n) is 5.65. The highest BCUT2D eigenvalue weighted by molar-refractivity contribution is 7.98. The van der Waals surface area contributed by atoms with Crippen molar-refractivity contribution in [2.45, 2.75) is 24.8 Å². The Morgan fingerprint density at radius 1 is 1.25 bits per heavy atom. The summed E-state index contributed by atoms with van der Waals surface area (Å²) in [5.41, 5.74) is 1.29. The number of aliphatic hydroxyl groups excluding tert-OH is 1. The molecule has 1 aromatic carbocycles. The van der Waals surface area contributed by atoms with Crippen molar-refractivity contribution in [1.29, 1.82) is 0 Å². The quantitative estimate of drug-likeness (QED) is 0.749. The van der Waals surface area contributed by atoms with E-state index in [1.54, 1.807) is 11.8 Å². The smallest absolute Gasteiger partial charge is 0.0468 e. The van der Waals surface area contributed by atoms with E-state index in [-0.39, 0.29) is 6.61 Å². The van der Waals surface area contributed by atoms with Crippen molar-refractivity contribution in [3.8, 4) is 0 Å². The van der Waals surface area contributed by atoms with Gasteiger partial charge < -0.3 is 10.4 Å². The molecule has 0 saturated heterocycles. The molecule has 0 aromatic heterocycles. The third-order valence-electron chi connectivity index (χ3n) is 2.70. The van der Waals surface area contributed by atoms with Gasteiger partial charge in [-0.2, -0.15) is 0 Å². The van der Waals surface area contributed by atoms with Crippen molar-refractivity contribution in [3.05, 3.63) is 29.8 Å². The van der Waals surface area contributed by atoms with Crippen LogP contribution in [0.15, 0.2) is 29.2 Å². The van der Waals surface area contributed by atoms with Gasteiger partial charge in [-0.05, 0) is 36.8 Å². The number of hydrogen-bond acceptors (Lipinski definition) is 3. The summed E-state index contributed by atoms with van der Waals surface area (Å²) in [6, 6.07) is 8.95. The molecule has 0 bridgehead atoms. The maximum absolute atomic E-state index is 8.94. The summed E-state index contributed by atoms with van der Waals surface area (Å²) in [6.45, 7) is 5.28. The number of benzene rings is 1. The minimum Gasteiger partial charge on any atom is -0.396 e. The molecule has 0 aliphatic heterocycles. The van der Waals surface area contributed by atoms with Crippen molar-refractivity contribution in [1.82, 2.24) is 5.32 Å². The zero-order valence-electron chi connectivity index (χ0n) is 10.2. The van der Waals surface area contributed by atoms with Gasteiger partial charge in [0.25, 0.3) is 0 Å². The van der Waals surface area contributed by atoms with Crippen molar-refractivity contribution in [2.75, 3.05) is 19.4 Å². The third-order valence-corrected chi connectivity index (χ3v) is 3.44. The second kappa shape index (κ2) is 6.94. The maximum Gasteiger partial charge on any atom is 0.0468 e. The van der Waals surface area contributed by atoms with E-state index < -0.39 is 0 Å². The molecule has 1 rings (SSSR count). The standard InChI is InChI=1S/C13H21NOS/c1-10(9-15)8-14-11(2)12-4-6-13(16-3)7-5-12/h4-7,10-11,14-15H,8-9H2,1-3H3. The summed E-state index contributed by atoms with van der Waals surface area (Å²) < 4.78 is 0. The molecular formula is C13H21NOS. The Kier molecular flexibility index (Phi) is 5.88. The lowest BCUT2D eigenvalue weighted by Gasteiger charge is -2.17. The number of hydrogen-bond donors (Lipinski definition) is 2. The molecule has 0 amide bonds. The maximum atomic E-state index is 8.94. The van der Waals surface area contributed by atoms with Gasteiger partial charge in [0.05, 0.1) is 0 Å². The molecule has 2 atom stereocenters. The van der Waals surface area contributed by atoms with Gasteiger partial charge >= 0.3 is 0 Å². The molecular weight excluding hydrogens is 218 g/mol. The van der Waals surface area contributed by atoms with E-state index in [1.807, 2.05) is 6.92 Å². The van der Waals surface area contributed by atoms with Crippen LogP contribution in [0.1, 0.15) is 25.5 Å². The van der Waals surface area contributed by atoms with Crippen molar-refractivity contribution in [3.63, 3.8) is 0 Å². The minimum atomic E-state index is 0.241. The van der Waals surface area contributed by atoms with Gasteiger partial charge in [-0.1, -0.05) is 19.1 Å². The van der Waals surface area contributed by atoms with Crippen LogP contribution < -0.4 is 5.32 Å². The molecule has 0 saturated carbocycles. The van der Waals surface area contributed by atoms with Gasteiger partial charge in [-0.3, -0.25) is 0 Å². The minimum absolute atomic E-state index is 0.241. The topological polar surface area (TPSA) is 32.3 Å². The van der Waals surface area contributed by atoms with Gasteiger partial charge in [0.15, 0.2) is 0 Å². The molecule has 2 N–H and O–H groups in total. The largest absolute Gasteiger partial charge is 0.396 e. The van der Waals surface area contributed by atoms with E-state index >= 15 is 0 Å². The fourth-order valence-electron chi connectivity index (χ4n) is 1.45. The molecule has 0 aliphatic carbocycles. The number of rotatable bonds is 6. The zero-order chi connectivity index (χ0) is 12.0. The monoisotopic (exact) mass is 239 g/mol. The Labute approximate surface area is 102 Å². The highest BCUT2D eigenvalue weighted by Gasteiger charge is 2.06. The van der Waals surface area contributed by atoms with E-state index in [9.17, 15) is 0 Å². The Bertz CT molecular complexity index is 299. The summed E-state index contributed by atoms with van der Waals surface area (Å²) >= 11 is 1.76. The van der Waals surface area contributed by atoms with E-state index in [4.69, 9.17) is 5.11 Å². The Balaban J connectivity index is 2.49. The Hall–Kier alpha value is -0.510. The van der Waals surface area contributed by atoms with E-state index in [0.29, 0.717) is 12.0 Å². The molecule has 16 heavy (non-hydrogen) atoms. The lowest BCUT2D eigenvalue weighted by molar-refractivity contribution is 0.231. The highest BCUT2D eigenvalue weighted by Crippen LogP contribution is 2.18. The van der Waals surface area contributed by atoms with Crippen LogP contribution in [0.4, 0.5) is 0 Å². The van der Waals surface area contributed by atoms with Gasteiger partial charge in [-0.15, -0.1) is 11.8 Å². The molecule has 0 heterocycles. The molecule has 2 nitrogen and oxygen atoms in total. The van der Waals surface area contributed by atoms with Crippen LogP contribution in [-0.2, 0) is 0 Å². The molecule has 3 heteroatoms. The van der Waals surface area contributed by atoms with Crippen LogP contribution in [0.5, 0.6) is 0 Å². The molecule has 0 aliphatic rings. The van der Waals surface area contributed by atoms with E-state index in [1.165, 1.54) is 10.5 Å². The van der Waals surface area contributed by atoms with Crippen LogP contribution >= 0.6 is 11.8 Å². The van der Waals surface area contributed by atoms with E-state index in [0.717, 1.165) is 6.54 Å². The van der Waals surface area contributed by atoms with Gasteiger partial charge in [0.1, 0.15) is 0 Å². The normalized spacial score (nSPS) is 14.8. The number of thioether (sulfide) groups is 1. The second-order valence-corrected chi connectivity index (χ2v) is 5.07. The molecule has 1 aromatic rings. The second-order valence-electron chi connectivity index (χ2n) is 4.19. The number of nitrogens with one attached hydrogen (secondary N) is 1. The van der Waals surface area contributed by atoms with Crippen LogP contribution in [0.3, 0.4) is 0 Å². The van der Waals surface area contributed by atoms with Gasteiger partial charge in [0.2, 0.25) is 0 Å². The van der Waals surface area contributed by atoms with E-state index in [2.05, 4.69) is 42.8 Å². The van der Waals surface area contributed by atoms with Crippen molar-refractivity contribution >= 4 is 11.8 Å². The van der Waals surface area contributed by atoms with Gasteiger partial charge in [-0.25, -0.2) is 0 Å². The third kappa shape index (κ3) is 4.16. The average Bonchev–Trinajstić information content (AvgIpc) is 2.35. The fraction of sp³-hybridized carbons (Fsp3) is 0.538. The molecule has 0 radical (unpaired) electrons.